The van der Waals surface area contributed by atoms with Crippen molar-refractivity contribution in [2.45, 2.75) is 6.42 Å². The van der Waals surface area contributed by atoms with Crippen molar-refractivity contribution in [3.8, 4) is 0 Å². The number of aromatic nitrogens is 2. The summed E-state index contributed by atoms with van der Waals surface area (Å²) < 4.78 is 57.5. The van der Waals surface area contributed by atoms with Crippen LogP contribution in [0.25, 0.3) is 0 Å². The minimum atomic E-state index is -1.59. The van der Waals surface area contributed by atoms with Gasteiger partial charge in [-0.15, -0.1) is 5.10 Å². The largest absolute Gasteiger partial charge is 0.408 e. The number of nitrogens with two attached hydrogens (primary N) is 1. The molecule has 0 aliphatic heterocycles. The van der Waals surface area contributed by atoms with Crippen LogP contribution in [0.1, 0.15) is 5.89 Å². The Labute approximate surface area is 104 Å². The molecule has 5 nitrogen and oxygen atoms in total. The summed E-state index contributed by atoms with van der Waals surface area (Å²) in [7, 11) is 0. The van der Waals surface area contributed by atoms with Crippen LogP contribution in [0.15, 0.2) is 10.5 Å². The van der Waals surface area contributed by atoms with Gasteiger partial charge in [-0.05, 0) is 0 Å². The molecule has 102 valence electrons. The number of hydrogen-bond acceptors (Lipinski definition) is 5. The summed E-state index contributed by atoms with van der Waals surface area (Å²) in [5, 5.41) is 8.91. The van der Waals surface area contributed by atoms with E-state index in [1.807, 2.05) is 5.32 Å². The third-order valence-corrected chi connectivity index (χ3v) is 2.17. The normalized spacial score (nSPS) is 10.8. The lowest BCUT2D eigenvalue weighted by molar-refractivity contribution is 0.456. The molecule has 19 heavy (non-hydrogen) atoms. The van der Waals surface area contributed by atoms with Gasteiger partial charge in [0.15, 0.2) is 23.3 Å². The van der Waals surface area contributed by atoms with Crippen molar-refractivity contribution in [1.82, 2.24) is 10.2 Å². The Kier molecular flexibility index (Phi) is 3.65. The molecular weight excluding hydrogens is 268 g/mol. The number of anilines is 2. The average molecular weight is 276 g/mol. The van der Waals surface area contributed by atoms with E-state index in [1.165, 1.54) is 0 Å². The first-order valence-corrected chi connectivity index (χ1v) is 5.15. The van der Waals surface area contributed by atoms with Crippen LogP contribution < -0.4 is 11.1 Å². The van der Waals surface area contributed by atoms with E-state index in [2.05, 4.69) is 10.2 Å². The zero-order valence-corrected chi connectivity index (χ0v) is 9.38. The molecular formula is C10H8F4N4O. The van der Waals surface area contributed by atoms with Gasteiger partial charge in [0, 0.05) is 19.0 Å². The second-order valence-corrected chi connectivity index (χ2v) is 3.51. The fraction of sp³-hybridized carbons (Fsp3) is 0.200. The van der Waals surface area contributed by atoms with Gasteiger partial charge in [-0.3, -0.25) is 0 Å². The lowest BCUT2D eigenvalue weighted by Gasteiger charge is -2.06. The molecule has 0 unspecified atom stereocenters. The van der Waals surface area contributed by atoms with Crippen LogP contribution in [0.3, 0.4) is 0 Å². The van der Waals surface area contributed by atoms with Crippen LogP contribution in [0.2, 0.25) is 0 Å². The number of nitrogens with zero attached hydrogens (tertiary/aromatic N) is 2. The summed E-state index contributed by atoms with van der Waals surface area (Å²) in [5.41, 5.74) is 4.20. The Morgan fingerprint density at radius 1 is 1.11 bits per heavy atom. The summed E-state index contributed by atoms with van der Waals surface area (Å²) >= 11 is 0. The van der Waals surface area contributed by atoms with Gasteiger partial charge in [-0.1, -0.05) is 5.10 Å². The molecule has 0 spiro atoms. The molecule has 0 bridgehead atoms. The van der Waals surface area contributed by atoms with Crippen molar-refractivity contribution in [2.24, 2.45) is 5.73 Å². The Morgan fingerprint density at radius 2 is 1.74 bits per heavy atom. The Hall–Kier alpha value is -2.16. The highest BCUT2D eigenvalue weighted by molar-refractivity contribution is 5.54. The van der Waals surface area contributed by atoms with E-state index in [0.717, 1.165) is 0 Å². The minimum absolute atomic E-state index is 0.101. The number of benzene rings is 1. The van der Waals surface area contributed by atoms with E-state index in [9.17, 15) is 17.6 Å². The molecule has 2 rings (SSSR count). The molecule has 0 aliphatic carbocycles. The maximum atomic E-state index is 13.3. The number of hydrogen-bond donors (Lipinski definition) is 2. The Morgan fingerprint density at radius 3 is 2.32 bits per heavy atom. The average Bonchev–Trinajstić information content (AvgIpc) is 2.80. The molecule has 0 saturated carbocycles. The van der Waals surface area contributed by atoms with Gasteiger partial charge in [0.25, 0.3) is 0 Å². The zero-order chi connectivity index (χ0) is 14.0. The van der Waals surface area contributed by atoms with Gasteiger partial charge in [-0.25, -0.2) is 17.6 Å². The van der Waals surface area contributed by atoms with Crippen molar-refractivity contribution in [2.75, 3.05) is 11.9 Å². The zero-order valence-electron chi connectivity index (χ0n) is 9.38. The van der Waals surface area contributed by atoms with Gasteiger partial charge in [0.2, 0.25) is 5.89 Å². The van der Waals surface area contributed by atoms with Gasteiger partial charge in [0.1, 0.15) is 5.69 Å². The third kappa shape index (κ3) is 2.65. The van der Waals surface area contributed by atoms with Gasteiger partial charge < -0.3 is 15.5 Å². The van der Waals surface area contributed by atoms with Crippen LogP contribution in [0.4, 0.5) is 29.3 Å². The Balaban J connectivity index is 2.32. The molecule has 9 heteroatoms. The Bertz CT molecular complexity index is 575. The summed E-state index contributed by atoms with van der Waals surface area (Å²) in [4.78, 5) is 0. The predicted molar refractivity (Wildman–Crippen MR) is 56.6 cm³/mol. The second kappa shape index (κ2) is 5.22. The second-order valence-electron chi connectivity index (χ2n) is 3.51. The number of nitrogens with one attached hydrogen (secondary N) is 1. The van der Waals surface area contributed by atoms with Crippen LogP contribution in [0.5, 0.6) is 0 Å². The SMILES string of the molecule is NCCc1nnc(Nc2c(F)c(F)cc(F)c2F)o1. The first kappa shape index (κ1) is 13.3. The fourth-order valence-electron chi connectivity index (χ4n) is 1.32. The summed E-state index contributed by atoms with van der Waals surface area (Å²) in [6.45, 7) is 0.235. The standard InChI is InChI=1S/C10H8F4N4O/c11-4-3-5(12)8(14)9(7(4)13)16-10-18-17-6(19-10)1-2-15/h3H,1-2,15H2,(H,16,18). The van der Waals surface area contributed by atoms with E-state index in [4.69, 9.17) is 10.2 Å². The van der Waals surface area contributed by atoms with Gasteiger partial charge >= 0.3 is 6.01 Å². The topological polar surface area (TPSA) is 77.0 Å². The van der Waals surface area contributed by atoms with Gasteiger partial charge in [-0.2, -0.15) is 0 Å². The molecule has 0 amide bonds. The number of halogens is 4. The van der Waals surface area contributed by atoms with Crippen LogP contribution in [-0.2, 0) is 6.42 Å². The first-order valence-electron chi connectivity index (χ1n) is 5.15. The van der Waals surface area contributed by atoms with Crippen molar-refractivity contribution in [3.05, 3.63) is 35.2 Å². The lowest BCUT2D eigenvalue weighted by Crippen LogP contribution is -2.03. The summed E-state index contributed by atoms with van der Waals surface area (Å²) in [6.07, 6.45) is 0.261. The molecule has 0 aliphatic rings. The third-order valence-electron chi connectivity index (χ3n) is 2.17. The molecule has 1 aromatic carbocycles. The van der Waals surface area contributed by atoms with Crippen molar-refractivity contribution in [1.29, 1.82) is 0 Å². The highest BCUT2D eigenvalue weighted by Gasteiger charge is 2.20. The van der Waals surface area contributed by atoms with Crippen LogP contribution in [-0.4, -0.2) is 16.7 Å². The lowest BCUT2D eigenvalue weighted by atomic mass is 10.2. The summed E-state index contributed by atoms with van der Waals surface area (Å²) in [5.74, 6) is -6.12. The van der Waals surface area contributed by atoms with Crippen LogP contribution in [0, 0.1) is 23.3 Å². The first-order chi connectivity index (χ1) is 9.02. The molecule has 1 heterocycles. The molecule has 1 aromatic heterocycles. The highest BCUT2D eigenvalue weighted by atomic mass is 19.2. The molecule has 2 aromatic rings. The van der Waals surface area contributed by atoms with E-state index >= 15 is 0 Å². The molecule has 0 radical (unpaired) electrons. The molecule has 3 N–H and O–H groups in total. The maximum Gasteiger partial charge on any atom is 0.320 e. The van der Waals surface area contributed by atoms with E-state index < -0.39 is 35.0 Å². The van der Waals surface area contributed by atoms with Gasteiger partial charge in [0.05, 0.1) is 0 Å². The van der Waals surface area contributed by atoms with Crippen LogP contribution >= 0.6 is 0 Å². The number of rotatable bonds is 4. The maximum absolute atomic E-state index is 13.3. The van der Waals surface area contributed by atoms with E-state index in [-0.39, 0.29) is 24.9 Å². The van der Waals surface area contributed by atoms with E-state index in [0.29, 0.717) is 0 Å². The predicted octanol–water partition coefficient (Wildman–Crippen LogP) is 1.87. The van der Waals surface area contributed by atoms with Crippen molar-refractivity contribution in [3.63, 3.8) is 0 Å². The smallest absolute Gasteiger partial charge is 0.320 e. The fourth-order valence-corrected chi connectivity index (χ4v) is 1.32. The van der Waals surface area contributed by atoms with Crippen molar-refractivity contribution < 1.29 is 22.0 Å². The van der Waals surface area contributed by atoms with Crippen molar-refractivity contribution >= 4 is 11.7 Å². The molecule has 0 saturated heterocycles. The molecule has 0 fully saturated rings. The van der Waals surface area contributed by atoms with E-state index in [1.54, 1.807) is 0 Å². The minimum Gasteiger partial charge on any atom is -0.408 e. The summed E-state index contributed by atoms with van der Waals surface area (Å²) in [6, 6.07) is -0.296. The highest BCUT2D eigenvalue weighted by Crippen LogP contribution is 2.26. The molecule has 0 atom stereocenters. The quantitative estimate of drug-likeness (QED) is 0.658. The monoisotopic (exact) mass is 276 g/mol.